The normalized spacial score (nSPS) is 11.1. The highest BCUT2D eigenvalue weighted by Gasteiger charge is 2.03. The molecule has 0 bridgehead atoms. The van der Waals surface area contributed by atoms with Gasteiger partial charge in [0.2, 0.25) is 0 Å². The molecule has 0 heterocycles. The maximum Gasteiger partial charge on any atom is 0.0731 e. The van der Waals surface area contributed by atoms with Gasteiger partial charge in [-0.05, 0) is 37.6 Å². The van der Waals surface area contributed by atoms with Crippen LogP contribution in [0.3, 0.4) is 0 Å². The van der Waals surface area contributed by atoms with E-state index in [-0.39, 0.29) is 6.10 Å². The van der Waals surface area contributed by atoms with E-state index in [4.69, 9.17) is 4.74 Å². The van der Waals surface area contributed by atoms with Crippen LogP contribution in [0.15, 0.2) is 22.7 Å². The van der Waals surface area contributed by atoms with Crippen molar-refractivity contribution in [3.8, 4) is 0 Å². The second-order valence-electron chi connectivity index (χ2n) is 4.07. The molecule has 2 nitrogen and oxygen atoms in total. The standard InChI is InChI=1S/C13H20BrNO/c1-4-15-8-11-5-6-12(13(14)7-11)9-16-10(2)3/h5-7,10,15H,4,8-9H2,1-3H3. The van der Waals surface area contributed by atoms with E-state index < -0.39 is 0 Å². The van der Waals surface area contributed by atoms with Crippen LogP contribution in [0.25, 0.3) is 0 Å². The molecule has 16 heavy (non-hydrogen) atoms. The molecule has 1 aromatic carbocycles. The zero-order valence-electron chi connectivity index (χ0n) is 10.2. The van der Waals surface area contributed by atoms with Crippen LogP contribution in [0, 0.1) is 0 Å². The molecule has 0 atom stereocenters. The minimum Gasteiger partial charge on any atom is -0.374 e. The van der Waals surface area contributed by atoms with Crippen LogP contribution in [-0.2, 0) is 17.9 Å². The van der Waals surface area contributed by atoms with Gasteiger partial charge in [-0.3, -0.25) is 0 Å². The molecule has 90 valence electrons. The monoisotopic (exact) mass is 285 g/mol. The third-order valence-corrected chi connectivity index (χ3v) is 3.01. The van der Waals surface area contributed by atoms with Crippen LogP contribution in [0.5, 0.6) is 0 Å². The molecule has 1 N–H and O–H groups in total. The van der Waals surface area contributed by atoms with Gasteiger partial charge in [-0.15, -0.1) is 0 Å². The molecular formula is C13H20BrNO. The summed E-state index contributed by atoms with van der Waals surface area (Å²) >= 11 is 3.58. The molecule has 1 aromatic rings. The van der Waals surface area contributed by atoms with E-state index in [0.717, 1.165) is 17.6 Å². The molecular weight excluding hydrogens is 266 g/mol. The fourth-order valence-electron chi connectivity index (χ4n) is 1.34. The summed E-state index contributed by atoms with van der Waals surface area (Å²) in [5.41, 5.74) is 2.50. The zero-order valence-corrected chi connectivity index (χ0v) is 11.8. The molecule has 1 rings (SSSR count). The fraction of sp³-hybridized carbons (Fsp3) is 0.538. The fourth-order valence-corrected chi connectivity index (χ4v) is 1.88. The molecule has 0 amide bonds. The Balaban J connectivity index is 2.60. The molecule has 3 heteroatoms. The summed E-state index contributed by atoms with van der Waals surface area (Å²) in [6.07, 6.45) is 0.272. The predicted octanol–water partition coefficient (Wildman–Crippen LogP) is 3.48. The lowest BCUT2D eigenvalue weighted by Crippen LogP contribution is -2.11. The average Bonchev–Trinajstić information content (AvgIpc) is 2.24. The van der Waals surface area contributed by atoms with Crippen LogP contribution in [0.2, 0.25) is 0 Å². The molecule has 0 saturated heterocycles. The molecule has 0 aromatic heterocycles. The number of rotatable bonds is 6. The number of nitrogens with one attached hydrogen (secondary N) is 1. The van der Waals surface area contributed by atoms with Crippen LogP contribution in [0.4, 0.5) is 0 Å². The first kappa shape index (κ1) is 13.7. The minimum atomic E-state index is 0.272. The molecule has 0 aliphatic heterocycles. The van der Waals surface area contributed by atoms with E-state index >= 15 is 0 Å². The molecule has 0 fully saturated rings. The first-order valence-corrected chi connectivity index (χ1v) is 6.52. The first-order chi connectivity index (χ1) is 7.63. The molecule has 0 unspecified atom stereocenters. The Hall–Kier alpha value is -0.380. The third kappa shape index (κ3) is 4.64. The van der Waals surface area contributed by atoms with Crippen molar-refractivity contribution in [2.75, 3.05) is 6.54 Å². The Morgan fingerprint density at radius 3 is 2.69 bits per heavy atom. The second-order valence-corrected chi connectivity index (χ2v) is 4.92. The van der Waals surface area contributed by atoms with Crippen molar-refractivity contribution in [2.45, 2.75) is 40.0 Å². The van der Waals surface area contributed by atoms with Crippen molar-refractivity contribution in [1.29, 1.82) is 0 Å². The van der Waals surface area contributed by atoms with Gasteiger partial charge in [0.15, 0.2) is 0 Å². The number of benzene rings is 1. The highest BCUT2D eigenvalue weighted by Crippen LogP contribution is 2.20. The third-order valence-electron chi connectivity index (χ3n) is 2.27. The number of hydrogen-bond donors (Lipinski definition) is 1. The van der Waals surface area contributed by atoms with E-state index in [1.807, 2.05) is 13.8 Å². The SMILES string of the molecule is CCNCc1ccc(COC(C)C)c(Br)c1. The maximum atomic E-state index is 5.58. The van der Waals surface area contributed by atoms with Crippen LogP contribution < -0.4 is 5.32 Å². The number of ether oxygens (including phenoxy) is 1. The lowest BCUT2D eigenvalue weighted by molar-refractivity contribution is 0.0653. The maximum absolute atomic E-state index is 5.58. The Kier molecular flexibility index (Phi) is 6.03. The summed E-state index contributed by atoms with van der Waals surface area (Å²) in [5, 5.41) is 3.31. The van der Waals surface area contributed by atoms with Crippen LogP contribution in [0.1, 0.15) is 31.9 Å². The Bertz CT molecular complexity index is 326. The van der Waals surface area contributed by atoms with Crippen molar-refractivity contribution in [3.63, 3.8) is 0 Å². The van der Waals surface area contributed by atoms with Crippen LogP contribution in [-0.4, -0.2) is 12.6 Å². The van der Waals surface area contributed by atoms with Gasteiger partial charge in [0, 0.05) is 11.0 Å². The van der Waals surface area contributed by atoms with E-state index in [2.05, 4.69) is 46.4 Å². The van der Waals surface area contributed by atoms with Crippen molar-refractivity contribution in [3.05, 3.63) is 33.8 Å². The summed E-state index contributed by atoms with van der Waals surface area (Å²) in [6, 6.07) is 6.42. The summed E-state index contributed by atoms with van der Waals surface area (Å²) in [4.78, 5) is 0. The lowest BCUT2D eigenvalue weighted by Gasteiger charge is -2.10. The highest BCUT2D eigenvalue weighted by molar-refractivity contribution is 9.10. The van der Waals surface area contributed by atoms with Gasteiger partial charge in [0.1, 0.15) is 0 Å². The van der Waals surface area contributed by atoms with E-state index in [0.29, 0.717) is 6.61 Å². The van der Waals surface area contributed by atoms with Crippen molar-refractivity contribution in [1.82, 2.24) is 5.32 Å². The van der Waals surface area contributed by atoms with E-state index in [9.17, 15) is 0 Å². The van der Waals surface area contributed by atoms with Gasteiger partial charge >= 0.3 is 0 Å². The number of hydrogen-bond acceptors (Lipinski definition) is 2. The molecule has 0 saturated carbocycles. The molecule has 0 spiro atoms. The van der Waals surface area contributed by atoms with Crippen molar-refractivity contribution >= 4 is 15.9 Å². The van der Waals surface area contributed by atoms with Gasteiger partial charge in [-0.2, -0.15) is 0 Å². The quantitative estimate of drug-likeness (QED) is 0.864. The van der Waals surface area contributed by atoms with Crippen molar-refractivity contribution in [2.24, 2.45) is 0 Å². The largest absolute Gasteiger partial charge is 0.374 e. The first-order valence-electron chi connectivity index (χ1n) is 5.73. The van der Waals surface area contributed by atoms with Gasteiger partial charge in [0.25, 0.3) is 0 Å². The summed E-state index contributed by atoms with van der Waals surface area (Å²) in [7, 11) is 0. The molecule has 0 aliphatic rings. The highest BCUT2D eigenvalue weighted by atomic mass is 79.9. The van der Waals surface area contributed by atoms with E-state index in [1.54, 1.807) is 0 Å². The van der Waals surface area contributed by atoms with Gasteiger partial charge < -0.3 is 10.1 Å². The van der Waals surface area contributed by atoms with Gasteiger partial charge in [-0.25, -0.2) is 0 Å². The topological polar surface area (TPSA) is 21.3 Å². The van der Waals surface area contributed by atoms with E-state index in [1.165, 1.54) is 11.1 Å². The van der Waals surface area contributed by atoms with Crippen LogP contribution >= 0.6 is 15.9 Å². The molecule has 0 radical (unpaired) electrons. The average molecular weight is 286 g/mol. The Morgan fingerprint density at radius 2 is 2.12 bits per heavy atom. The number of halogens is 1. The summed E-state index contributed by atoms with van der Waals surface area (Å²) in [5.74, 6) is 0. The van der Waals surface area contributed by atoms with Gasteiger partial charge in [-0.1, -0.05) is 35.0 Å². The minimum absolute atomic E-state index is 0.272. The second kappa shape index (κ2) is 7.05. The summed E-state index contributed by atoms with van der Waals surface area (Å²) in [6.45, 7) is 8.79. The molecule has 0 aliphatic carbocycles. The Labute approximate surface area is 107 Å². The smallest absolute Gasteiger partial charge is 0.0731 e. The van der Waals surface area contributed by atoms with Gasteiger partial charge in [0.05, 0.1) is 12.7 Å². The summed E-state index contributed by atoms with van der Waals surface area (Å²) < 4.78 is 6.71. The van der Waals surface area contributed by atoms with Crippen molar-refractivity contribution < 1.29 is 4.74 Å². The Morgan fingerprint density at radius 1 is 1.38 bits per heavy atom. The lowest BCUT2D eigenvalue weighted by atomic mass is 10.1. The predicted molar refractivity (Wildman–Crippen MR) is 71.4 cm³/mol. The zero-order chi connectivity index (χ0) is 12.0.